The third-order valence-corrected chi connectivity index (χ3v) is 12.3. The molecule has 2 heterocycles. The summed E-state index contributed by atoms with van der Waals surface area (Å²) in [6.07, 6.45) is 13.9. The van der Waals surface area contributed by atoms with E-state index in [1.54, 1.807) is 0 Å². The Morgan fingerprint density at radius 1 is 0.533 bits per heavy atom. The smallest absolute Gasteiger partial charge is 0.105 e. The van der Waals surface area contributed by atoms with Crippen molar-refractivity contribution in [3.63, 3.8) is 0 Å². The van der Waals surface area contributed by atoms with Gasteiger partial charge in [-0.25, -0.2) is 0 Å². The lowest BCUT2D eigenvalue weighted by molar-refractivity contribution is 0.508. The highest BCUT2D eigenvalue weighted by Gasteiger charge is 2.30. The van der Waals surface area contributed by atoms with Crippen LogP contribution in [-0.2, 0) is 0 Å². The van der Waals surface area contributed by atoms with Crippen molar-refractivity contribution in [2.75, 3.05) is 5.32 Å². The van der Waals surface area contributed by atoms with E-state index in [1.807, 2.05) is 0 Å². The summed E-state index contributed by atoms with van der Waals surface area (Å²) < 4.78 is 2.49. The largest absolute Gasteiger partial charge is 0.366 e. The van der Waals surface area contributed by atoms with E-state index < -0.39 is 0 Å². The number of allylic oxidation sites excluding steroid dienone is 6. The first-order valence-electron chi connectivity index (χ1n) is 20.8. The van der Waals surface area contributed by atoms with Crippen LogP contribution in [0.5, 0.6) is 0 Å². The van der Waals surface area contributed by atoms with Gasteiger partial charge in [0.05, 0.1) is 22.9 Å². The van der Waals surface area contributed by atoms with Crippen LogP contribution >= 0.6 is 0 Å². The van der Waals surface area contributed by atoms with Crippen LogP contribution in [0.25, 0.3) is 72.0 Å². The number of nitrogens with zero attached hydrogens (tertiary/aromatic N) is 1. The molecule has 2 N–H and O–H groups in total. The minimum Gasteiger partial charge on any atom is -0.366 e. The van der Waals surface area contributed by atoms with Gasteiger partial charge in [-0.15, -0.1) is 0 Å². The topological polar surface area (TPSA) is 29.0 Å². The maximum atomic E-state index is 4.70. The second kappa shape index (κ2) is 15.0. The van der Waals surface area contributed by atoms with E-state index >= 15 is 0 Å². The van der Waals surface area contributed by atoms with E-state index in [9.17, 15) is 0 Å². The van der Waals surface area contributed by atoms with Crippen LogP contribution in [0.2, 0.25) is 0 Å². The molecule has 2 atom stereocenters. The molecule has 3 nitrogen and oxygen atoms in total. The Morgan fingerprint density at radius 2 is 1.20 bits per heavy atom. The molecule has 0 fully saturated rings. The maximum absolute atomic E-state index is 4.70. The molecular formula is C57H43N3. The van der Waals surface area contributed by atoms with Crippen LogP contribution in [-0.4, -0.2) is 4.57 Å². The Morgan fingerprint density at radius 3 is 2.00 bits per heavy atom. The van der Waals surface area contributed by atoms with Crippen molar-refractivity contribution in [2.45, 2.75) is 18.6 Å². The number of rotatable bonds is 5. The first-order valence-corrected chi connectivity index (χ1v) is 20.8. The molecule has 0 saturated carbocycles. The highest BCUT2D eigenvalue weighted by atomic mass is 15.2. The van der Waals surface area contributed by atoms with E-state index in [2.05, 4.69) is 228 Å². The number of nitrogens with one attached hydrogen (secondary N) is 2. The van der Waals surface area contributed by atoms with Gasteiger partial charge >= 0.3 is 0 Å². The second-order valence-electron chi connectivity index (χ2n) is 15.7. The second-order valence-corrected chi connectivity index (χ2v) is 15.7. The molecule has 1 aliphatic heterocycles. The maximum Gasteiger partial charge on any atom is 0.105 e. The molecule has 0 bridgehead atoms. The van der Waals surface area contributed by atoms with Gasteiger partial charge in [0.2, 0.25) is 0 Å². The van der Waals surface area contributed by atoms with Crippen molar-refractivity contribution in [1.82, 2.24) is 9.88 Å². The minimum atomic E-state index is -0.142. The molecule has 1 aliphatic carbocycles. The van der Waals surface area contributed by atoms with Crippen molar-refractivity contribution >= 4 is 49.8 Å². The van der Waals surface area contributed by atoms with E-state index in [-0.39, 0.29) is 12.2 Å². The third-order valence-electron chi connectivity index (χ3n) is 12.3. The lowest BCUT2D eigenvalue weighted by Crippen LogP contribution is -2.37. The van der Waals surface area contributed by atoms with Gasteiger partial charge in [0, 0.05) is 22.0 Å². The summed E-state index contributed by atoms with van der Waals surface area (Å²) in [5.74, 6) is 0. The Bertz CT molecular complexity index is 3180. The summed E-state index contributed by atoms with van der Waals surface area (Å²) in [7, 11) is 0. The number of para-hydroxylation sites is 1. The quantitative estimate of drug-likeness (QED) is 0.183. The van der Waals surface area contributed by atoms with Crippen molar-refractivity contribution in [1.29, 1.82) is 0 Å². The summed E-state index contributed by atoms with van der Waals surface area (Å²) in [6, 6.07) is 63.9. The summed E-state index contributed by atoms with van der Waals surface area (Å²) in [6.45, 7) is 4.70. The van der Waals surface area contributed by atoms with Gasteiger partial charge in [0.1, 0.15) is 6.17 Å². The van der Waals surface area contributed by atoms with Crippen molar-refractivity contribution < 1.29 is 0 Å². The Balaban J connectivity index is 1.11. The van der Waals surface area contributed by atoms with Gasteiger partial charge < -0.3 is 9.88 Å². The van der Waals surface area contributed by atoms with Crippen LogP contribution in [0.3, 0.4) is 0 Å². The summed E-state index contributed by atoms with van der Waals surface area (Å²) >= 11 is 0. The minimum absolute atomic E-state index is 0.000215. The monoisotopic (exact) mass is 769 g/mol. The molecule has 1 aromatic heterocycles. The van der Waals surface area contributed by atoms with E-state index in [0.717, 1.165) is 40.1 Å². The van der Waals surface area contributed by atoms with Crippen LogP contribution in [0.4, 0.5) is 5.69 Å². The number of aromatic nitrogens is 1. The molecule has 60 heavy (non-hydrogen) atoms. The van der Waals surface area contributed by atoms with Gasteiger partial charge in [-0.05, 0) is 91.4 Å². The van der Waals surface area contributed by atoms with E-state index in [4.69, 9.17) is 6.58 Å². The number of benzene rings is 8. The molecular weight excluding hydrogens is 727 g/mol. The molecule has 0 spiro atoms. The molecule has 286 valence electrons. The molecule has 2 unspecified atom stereocenters. The molecule has 0 saturated heterocycles. The lowest BCUT2D eigenvalue weighted by atomic mass is 9.91. The van der Waals surface area contributed by atoms with Gasteiger partial charge in [-0.2, -0.15) is 0 Å². The standard InChI is InChI=1S/C57H43N3/c1-38-19-7-3-2-4-12-30-52-54(38)55-46-27-16-14-25-44(46)49(41-22-10-6-11-23-41)37-53(55)60(52)51-36-35-47(43-24-13-15-26-45(43)51)57-58-50-29-18-17-28-48(50)56(59-57)42-33-31-40(32-34-42)39-20-8-5-9-21-39/h2-3,5-37,56-59H,1,4H2/b3-2-,19-7-,30-12-. The van der Waals surface area contributed by atoms with Crippen LogP contribution in [0.15, 0.2) is 213 Å². The summed E-state index contributed by atoms with van der Waals surface area (Å²) in [4.78, 5) is 0. The number of anilines is 1. The van der Waals surface area contributed by atoms with Gasteiger partial charge in [-0.3, -0.25) is 5.32 Å². The average Bonchev–Trinajstić information content (AvgIpc) is 3.65. The van der Waals surface area contributed by atoms with Crippen LogP contribution in [0.1, 0.15) is 46.6 Å². The normalized spacial score (nSPS) is 17.8. The predicted molar refractivity (Wildman–Crippen MR) is 254 cm³/mol. The van der Waals surface area contributed by atoms with Crippen molar-refractivity contribution in [2.24, 2.45) is 0 Å². The molecule has 9 aromatic rings. The fraction of sp³-hybridized carbons (Fsp3) is 0.0526. The Hall–Kier alpha value is -7.46. The highest BCUT2D eigenvalue weighted by molar-refractivity contribution is 6.19. The summed E-state index contributed by atoms with van der Waals surface area (Å²) in [5.41, 5.74) is 15.2. The first-order chi connectivity index (χ1) is 29.7. The molecule has 0 amide bonds. The SMILES string of the molecule is C=C1/C=C\C=C/C/C=C\c2c1c1c3ccccc3c(-c3ccccc3)cc1n2-c1ccc(C2Nc3ccccc3C(c3ccc(-c4ccccc4)cc3)N2)c2ccccc12. The van der Waals surface area contributed by atoms with Crippen molar-refractivity contribution in [3.8, 4) is 27.9 Å². The first kappa shape index (κ1) is 35.7. The lowest BCUT2D eigenvalue weighted by Gasteiger charge is -2.36. The Kier molecular flexibility index (Phi) is 8.95. The van der Waals surface area contributed by atoms with Crippen molar-refractivity contribution in [3.05, 3.63) is 241 Å². The number of fused-ring (bicyclic) bond motifs is 7. The third kappa shape index (κ3) is 6.10. The zero-order valence-electron chi connectivity index (χ0n) is 33.2. The summed E-state index contributed by atoms with van der Waals surface area (Å²) in [5, 5.41) is 14.0. The predicted octanol–water partition coefficient (Wildman–Crippen LogP) is 14.6. The highest BCUT2D eigenvalue weighted by Crippen LogP contribution is 2.45. The van der Waals surface area contributed by atoms with E-state index in [0.29, 0.717) is 0 Å². The average molecular weight is 770 g/mol. The zero-order chi connectivity index (χ0) is 40.0. The fourth-order valence-corrected chi connectivity index (χ4v) is 9.47. The zero-order valence-corrected chi connectivity index (χ0v) is 33.2. The van der Waals surface area contributed by atoms with E-state index in [1.165, 1.54) is 65.9 Å². The van der Waals surface area contributed by atoms with Gasteiger partial charge in [0.25, 0.3) is 0 Å². The molecule has 3 heteroatoms. The Labute approximate surface area is 351 Å². The molecule has 0 radical (unpaired) electrons. The molecule has 11 rings (SSSR count). The van der Waals surface area contributed by atoms with Gasteiger partial charge in [0.15, 0.2) is 0 Å². The molecule has 8 aromatic carbocycles. The van der Waals surface area contributed by atoms with Crippen LogP contribution < -0.4 is 10.6 Å². The van der Waals surface area contributed by atoms with Crippen LogP contribution in [0, 0.1) is 0 Å². The number of hydrogen-bond donors (Lipinski definition) is 2. The number of hydrogen-bond acceptors (Lipinski definition) is 2. The fourth-order valence-electron chi connectivity index (χ4n) is 9.47. The van der Waals surface area contributed by atoms with Gasteiger partial charge in [-0.1, -0.05) is 195 Å². The molecule has 2 aliphatic rings.